The van der Waals surface area contributed by atoms with Crippen molar-refractivity contribution in [3.63, 3.8) is 0 Å². The molecule has 0 saturated heterocycles. The smallest absolute Gasteiger partial charge is 0.284 e. The Labute approximate surface area is 157 Å². The van der Waals surface area contributed by atoms with Crippen LogP contribution < -0.4 is 10.1 Å². The lowest BCUT2D eigenvalue weighted by atomic mass is 9.97. The second kappa shape index (κ2) is 8.36. The van der Waals surface area contributed by atoms with Crippen molar-refractivity contribution >= 4 is 23.2 Å². The fraction of sp³-hybridized carbons (Fsp3) is 0.136. The van der Waals surface area contributed by atoms with Crippen molar-refractivity contribution in [1.82, 2.24) is 0 Å². The van der Waals surface area contributed by atoms with Crippen LogP contribution in [0.1, 0.15) is 18.1 Å². The number of hydrogen-bond acceptors (Lipinski definition) is 3. The average molecular weight is 365 g/mol. The number of nitrogens with one attached hydrogen (secondary N) is 1. The van der Waals surface area contributed by atoms with E-state index in [1.54, 1.807) is 49.8 Å². The maximum atomic E-state index is 14.2. The fourth-order valence-corrected chi connectivity index (χ4v) is 2.79. The molecule has 5 heteroatoms. The van der Waals surface area contributed by atoms with E-state index in [9.17, 15) is 9.18 Å². The van der Waals surface area contributed by atoms with Crippen molar-refractivity contribution < 1.29 is 18.7 Å². The average Bonchev–Trinajstić information content (AvgIpc) is 2.69. The lowest BCUT2D eigenvalue weighted by molar-refractivity contribution is -0.114. The number of halogens is 1. The summed E-state index contributed by atoms with van der Waals surface area (Å²) in [6.07, 6.45) is 4.86. The normalized spacial score (nSPS) is 14.0. The van der Waals surface area contributed by atoms with Crippen molar-refractivity contribution in [2.24, 2.45) is 0 Å². The first-order valence-electron chi connectivity index (χ1n) is 8.49. The number of carbonyl (C=O) groups is 1. The molecule has 0 bridgehead atoms. The summed E-state index contributed by atoms with van der Waals surface area (Å²) in [7, 11) is 1.55. The quantitative estimate of drug-likeness (QED) is 0.762. The number of methoxy groups -OCH3 is 1. The van der Waals surface area contributed by atoms with Crippen molar-refractivity contribution in [2.75, 3.05) is 19.0 Å². The fourth-order valence-electron chi connectivity index (χ4n) is 2.79. The Morgan fingerprint density at radius 2 is 2.00 bits per heavy atom. The summed E-state index contributed by atoms with van der Waals surface area (Å²) >= 11 is 0. The second-order valence-corrected chi connectivity index (χ2v) is 6.02. The van der Waals surface area contributed by atoms with Crippen molar-refractivity contribution in [3.8, 4) is 5.75 Å². The van der Waals surface area contributed by atoms with Crippen LogP contribution in [0.3, 0.4) is 0 Å². The third kappa shape index (κ3) is 4.44. The molecular formula is C22H20FNO3. The highest BCUT2D eigenvalue weighted by atomic mass is 19.1. The molecule has 0 spiro atoms. The van der Waals surface area contributed by atoms with Gasteiger partial charge in [-0.2, -0.15) is 0 Å². The molecule has 2 aromatic rings. The van der Waals surface area contributed by atoms with Crippen LogP contribution in [-0.4, -0.2) is 19.6 Å². The Kier molecular flexibility index (Phi) is 5.71. The molecule has 1 amide bonds. The molecule has 1 aliphatic rings. The monoisotopic (exact) mass is 365 g/mol. The van der Waals surface area contributed by atoms with Crippen LogP contribution in [0, 0.1) is 0 Å². The van der Waals surface area contributed by atoms with E-state index < -0.39 is 11.7 Å². The van der Waals surface area contributed by atoms with E-state index in [2.05, 4.69) is 5.32 Å². The molecule has 4 nitrogen and oxygen atoms in total. The number of anilines is 1. The Morgan fingerprint density at radius 3 is 2.70 bits per heavy atom. The SMILES string of the molecule is COc1cc(NC(=O)C(F)=Cc2ccccc2)ccc1C1=CCOC=C1C. The molecule has 138 valence electrons. The van der Waals surface area contributed by atoms with E-state index in [0.717, 1.165) is 16.7 Å². The van der Waals surface area contributed by atoms with Crippen molar-refractivity contribution in [3.05, 3.63) is 83.4 Å². The number of rotatable bonds is 5. The van der Waals surface area contributed by atoms with Gasteiger partial charge in [-0.1, -0.05) is 30.3 Å². The third-order valence-corrected chi connectivity index (χ3v) is 4.13. The number of ether oxygens (including phenoxy) is 2. The molecule has 0 aromatic heterocycles. The van der Waals surface area contributed by atoms with Crippen LogP contribution in [0.5, 0.6) is 5.75 Å². The van der Waals surface area contributed by atoms with Gasteiger partial charge in [0.15, 0.2) is 5.83 Å². The Bertz CT molecular complexity index is 930. The van der Waals surface area contributed by atoms with E-state index >= 15 is 0 Å². The summed E-state index contributed by atoms with van der Waals surface area (Å²) in [5, 5.41) is 2.56. The van der Waals surface area contributed by atoms with Gasteiger partial charge in [-0.3, -0.25) is 4.79 Å². The van der Waals surface area contributed by atoms with Crippen LogP contribution in [0.25, 0.3) is 11.6 Å². The standard InChI is InChI=1S/C22H20FNO3/c1-15-14-27-11-10-18(15)19-9-8-17(13-21(19)26-2)24-22(25)20(23)12-16-6-4-3-5-7-16/h3-10,12-14H,11H2,1-2H3,(H,24,25). The first kappa shape index (κ1) is 18.5. The van der Waals surface area contributed by atoms with Gasteiger partial charge in [0.2, 0.25) is 0 Å². The van der Waals surface area contributed by atoms with Gasteiger partial charge in [0.1, 0.15) is 12.4 Å². The molecule has 3 rings (SSSR count). The lowest BCUT2D eigenvalue weighted by Gasteiger charge is -2.17. The number of hydrogen-bond donors (Lipinski definition) is 1. The molecule has 0 saturated carbocycles. The Hall–Kier alpha value is -3.34. The van der Waals surface area contributed by atoms with E-state index in [1.807, 2.05) is 25.1 Å². The molecule has 0 radical (unpaired) electrons. The summed E-state index contributed by atoms with van der Waals surface area (Å²) in [5.41, 5.74) is 3.94. The first-order chi connectivity index (χ1) is 13.1. The van der Waals surface area contributed by atoms with Crippen LogP contribution in [-0.2, 0) is 9.53 Å². The topological polar surface area (TPSA) is 47.6 Å². The molecule has 27 heavy (non-hydrogen) atoms. The van der Waals surface area contributed by atoms with E-state index in [4.69, 9.17) is 9.47 Å². The summed E-state index contributed by atoms with van der Waals surface area (Å²) in [6, 6.07) is 14.1. The zero-order chi connectivity index (χ0) is 19.2. The van der Waals surface area contributed by atoms with Gasteiger partial charge in [-0.05, 0) is 47.9 Å². The van der Waals surface area contributed by atoms with Crippen LogP contribution in [0.2, 0.25) is 0 Å². The minimum Gasteiger partial charge on any atom is -0.497 e. The summed E-state index contributed by atoms with van der Waals surface area (Å²) in [6.45, 7) is 2.44. The molecule has 0 unspecified atom stereocenters. The van der Waals surface area contributed by atoms with E-state index in [1.165, 1.54) is 6.08 Å². The van der Waals surface area contributed by atoms with Gasteiger partial charge < -0.3 is 14.8 Å². The Balaban J connectivity index is 1.80. The van der Waals surface area contributed by atoms with Crippen molar-refractivity contribution in [1.29, 1.82) is 0 Å². The molecule has 2 aromatic carbocycles. The summed E-state index contributed by atoms with van der Waals surface area (Å²) in [5.74, 6) is -1.09. The van der Waals surface area contributed by atoms with Gasteiger partial charge in [0.05, 0.1) is 13.4 Å². The maximum Gasteiger partial charge on any atom is 0.284 e. The molecule has 1 N–H and O–H groups in total. The summed E-state index contributed by atoms with van der Waals surface area (Å²) < 4.78 is 24.9. The second-order valence-electron chi connectivity index (χ2n) is 6.02. The highest BCUT2D eigenvalue weighted by molar-refractivity contribution is 6.05. The zero-order valence-corrected chi connectivity index (χ0v) is 15.2. The number of amides is 1. The molecule has 0 atom stereocenters. The molecule has 1 heterocycles. The van der Waals surface area contributed by atoms with Crippen LogP contribution >= 0.6 is 0 Å². The van der Waals surface area contributed by atoms with Gasteiger partial charge >= 0.3 is 0 Å². The van der Waals surface area contributed by atoms with Gasteiger partial charge in [-0.15, -0.1) is 0 Å². The number of allylic oxidation sites excluding steroid dienone is 2. The molecular weight excluding hydrogens is 345 g/mol. The molecule has 1 aliphatic heterocycles. The predicted molar refractivity (Wildman–Crippen MR) is 105 cm³/mol. The van der Waals surface area contributed by atoms with E-state index in [0.29, 0.717) is 23.6 Å². The minimum atomic E-state index is -0.866. The van der Waals surface area contributed by atoms with E-state index in [-0.39, 0.29) is 0 Å². The van der Waals surface area contributed by atoms with Gasteiger partial charge in [0, 0.05) is 17.3 Å². The first-order valence-corrected chi connectivity index (χ1v) is 8.49. The number of carbonyl (C=O) groups excluding carboxylic acids is 1. The minimum absolute atomic E-state index is 0.450. The zero-order valence-electron chi connectivity index (χ0n) is 15.2. The lowest BCUT2D eigenvalue weighted by Crippen LogP contribution is -2.12. The van der Waals surface area contributed by atoms with Gasteiger partial charge in [-0.25, -0.2) is 4.39 Å². The molecule has 0 aliphatic carbocycles. The highest BCUT2D eigenvalue weighted by Gasteiger charge is 2.15. The van der Waals surface area contributed by atoms with Gasteiger partial charge in [0.25, 0.3) is 5.91 Å². The highest BCUT2D eigenvalue weighted by Crippen LogP contribution is 2.34. The Morgan fingerprint density at radius 1 is 1.22 bits per heavy atom. The van der Waals surface area contributed by atoms with Crippen molar-refractivity contribution in [2.45, 2.75) is 6.92 Å². The maximum absolute atomic E-state index is 14.2. The predicted octanol–water partition coefficient (Wildman–Crippen LogP) is 4.96. The third-order valence-electron chi connectivity index (χ3n) is 4.13. The van der Waals surface area contributed by atoms with Crippen LogP contribution in [0.15, 0.2) is 72.3 Å². The summed E-state index contributed by atoms with van der Waals surface area (Å²) in [4.78, 5) is 12.1. The largest absolute Gasteiger partial charge is 0.497 e. The molecule has 0 fully saturated rings. The van der Waals surface area contributed by atoms with Crippen LogP contribution in [0.4, 0.5) is 10.1 Å². The number of benzene rings is 2.